The van der Waals surface area contributed by atoms with Crippen LogP contribution in [-0.4, -0.2) is 4.57 Å². The first-order valence-corrected chi connectivity index (χ1v) is 21.3. The molecule has 60 heavy (non-hydrogen) atoms. The van der Waals surface area contributed by atoms with E-state index in [0.717, 1.165) is 0 Å². The van der Waals surface area contributed by atoms with E-state index in [1.54, 1.807) is 0 Å². The van der Waals surface area contributed by atoms with Crippen LogP contribution in [0.4, 0.5) is 0 Å². The lowest BCUT2D eigenvalue weighted by molar-refractivity contribution is 0.660. The zero-order chi connectivity index (χ0) is 39.7. The van der Waals surface area contributed by atoms with Gasteiger partial charge < -0.3 is 4.57 Å². The number of benzene rings is 9. The van der Waals surface area contributed by atoms with E-state index in [0.29, 0.717) is 0 Å². The molecule has 3 aliphatic rings. The van der Waals surface area contributed by atoms with E-state index in [9.17, 15) is 0 Å². The molecule has 2 aliphatic carbocycles. The molecular formula is C59H41N. The molecule has 0 fully saturated rings. The van der Waals surface area contributed by atoms with Crippen LogP contribution >= 0.6 is 0 Å². The summed E-state index contributed by atoms with van der Waals surface area (Å²) in [6.45, 7) is 4.74. The molecule has 9 aromatic carbocycles. The lowest BCUT2D eigenvalue weighted by Crippen LogP contribution is -2.34. The highest BCUT2D eigenvalue weighted by atomic mass is 15.0. The summed E-state index contributed by atoms with van der Waals surface area (Å²) in [5.41, 5.74) is 23.1. The van der Waals surface area contributed by atoms with Crippen LogP contribution in [0.1, 0.15) is 69.8 Å². The fourth-order valence-corrected chi connectivity index (χ4v) is 12.0. The van der Waals surface area contributed by atoms with Crippen LogP contribution in [-0.2, 0) is 10.8 Å². The van der Waals surface area contributed by atoms with Gasteiger partial charge in [-0.25, -0.2) is 0 Å². The molecule has 2 heterocycles. The molecule has 0 bridgehead atoms. The van der Waals surface area contributed by atoms with Gasteiger partial charge in [-0.2, -0.15) is 0 Å². The average molecular weight is 764 g/mol. The smallest absolute Gasteiger partial charge is 0.0760 e. The predicted octanol–water partition coefficient (Wildman–Crippen LogP) is 14.6. The van der Waals surface area contributed by atoms with Crippen molar-refractivity contribution in [2.24, 2.45) is 0 Å². The summed E-state index contributed by atoms with van der Waals surface area (Å²) < 4.78 is 2.54. The Morgan fingerprint density at radius 3 is 1.78 bits per heavy atom. The number of hydrogen-bond acceptors (Lipinski definition) is 0. The number of rotatable bonds is 4. The Kier molecular flexibility index (Phi) is 6.84. The van der Waals surface area contributed by atoms with Crippen molar-refractivity contribution in [3.8, 4) is 39.1 Å². The van der Waals surface area contributed by atoms with Crippen molar-refractivity contribution in [1.82, 2.24) is 4.57 Å². The van der Waals surface area contributed by atoms with Crippen molar-refractivity contribution in [2.75, 3.05) is 0 Å². The van der Waals surface area contributed by atoms with Crippen LogP contribution in [0.2, 0.25) is 0 Å². The molecule has 0 radical (unpaired) electrons. The van der Waals surface area contributed by atoms with E-state index in [4.69, 9.17) is 0 Å². The first-order chi connectivity index (χ1) is 29.6. The number of para-hydroxylation sites is 3. The monoisotopic (exact) mass is 763 g/mol. The van der Waals surface area contributed by atoms with E-state index in [1.807, 2.05) is 0 Å². The van der Waals surface area contributed by atoms with Gasteiger partial charge in [0, 0.05) is 22.1 Å². The first kappa shape index (κ1) is 33.7. The van der Waals surface area contributed by atoms with E-state index in [2.05, 4.69) is 225 Å². The Bertz CT molecular complexity index is 3420. The Labute approximate surface area is 350 Å². The van der Waals surface area contributed by atoms with E-state index in [1.165, 1.54) is 111 Å². The molecule has 1 spiro atoms. The lowest BCUT2D eigenvalue weighted by atomic mass is 9.63. The largest absolute Gasteiger partial charge is 0.309 e. The zero-order valence-electron chi connectivity index (χ0n) is 33.7. The van der Waals surface area contributed by atoms with Crippen LogP contribution in [0.15, 0.2) is 206 Å². The Hall–Kier alpha value is -7.22. The number of nitrogens with zero attached hydrogens (tertiary/aromatic N) is 1. The van der Waals surface area contributed by atoms with Gasteiger partial charge in [0.1, 0.15) is 0 Å². The SMILES string of the molecule is CC1(C)c2ccccc2-c2cc(C(c3ccccc3)c3ccccc3-c3cccc4c3C3(c5ccccc5-4)c4ccccc4-n4c5ccccc5c5cccc3c54)ccc21. The molecule has 0 N–H and O–H groups in total. The van der Waals surface area contributed by atoms with Gasteiger partial charge in [-0.05, 0) is 102 Å². The van der Waals surface area contributed by atoms with Crippen molar-refractivity contribution in [2.45, 2.75) is 30.6 Å². The molecule has 2 unspecified atom stereocenters. The molecule has 1 aromatic heterocycles. The first-order valence-electron chi connectivity index (χ1n) is 21.3. The molecule has 0 saturated carbocycles. The summed E-state index contributed by atoms with van der Waals surface area (Å²) in [6, 6.07) is 78.2. The topological polar surface area (TPSA) is 4.93 Å². The number of aromatic nitrogens is 1. The minimum absolute atomic E-state index is 0.00349. The third-order valence-corrected chi connectivity index (χ3v) is 14.3. The second-order valence-electron chi connectivity index (χ2n) is 17.5. The van der Waals surface area contributed by atoms with Gasteiger partial charge >= 0.3 is 0 Å². The highest BCUT2D eigenvalue weighted by Crippen LogP contribution is 2.63. The molecule has 10 aromatic rings. The van der Waals surface area contributed by atoms with Gasteiger partial charge in [0.2, 0.25) is 0 Å². The summed E-state index contributed by atoms with van der Waals surface area (Å²) in [5, 5.41) is 2.59. The van der Waals surface area contributed by atoms with Gasteiger partial charge in [0.05, 0.1) is 22.1 Å². The molecule has 1 nitrogen and oxygen atoms in total. The molecule has 1 aliphatic heterocycles. The normalized spacial score (nSPS) is 16.6. The second-order valence-corrected chi connectivity index (χ2v) is 17.5. The second kappa shape index (κ2) is 12.2. The highest BCUT2D eigenvalue weighted by molar-refractivity contribution is 6.13. The van der Waals surface area contributed by atoms with Crippen molar-refractivity contribution in [3.63, 3.8) is 0 Å². The molecule has 13 rings (SSSR count). The van der Waals surface area contributed by atoms with Gasteiger partial charge in [-0.15, -0.1) is 0 Å². The number of fused-ring (bicyclic) bond motifs is 15. The van der Waals surface area contributed by atoms with Crippen molar-refractivity contribution in [1.29, 1.82) is 0 Å². The maximum absolute atomic E-state index is 2.54. The molecule has 0 amide bonds. The molecule has 0 saturated heterocycles. The molecular weight excluding hydrogens is 723 g/mol. The Morgan fingerprint density at radius 1 is 0.383 bits per heavy atom. The highest BCUT2D eigenvalue weighted by Gasteiger charge is 2.52. The van der Waals surface area contributed by atoms with E-state index < -0.39 is 5.41 Å². The van der Waals surface area contributed by atoms with Gasteiger partial charge in [-0.3, -0.25) is 0 Å². The minimum atomic E-state index is -0.554. The summed E-state index contributed by atoms with van der Waals surface area (Å²) in [6.07, 6.45) is 0. The van der Waals surface area contributed by atoms with Crippen molar-refractivity contribution >= 4 is 21.8 Å². The quantitative estimate of drug-likeness (QED) is 0.157. The van der Waals surface area contributed by atoms with Crippen molar-refractivity contribution in [3.05, 3.63) is 256 Å². The van der Waals surface area contributed by atoms with Gasteiger partial charge in [0.25, 0.3) is 0 Å². The third kappa shape index (κ3) is 4.22. The number of hydrogen-bond donors (Lipinski definition) is 0. The summed E-state index contributed by atoms with van der Waals surface area (Å²) >= 11 is 0. The van der Waals surface area contributed by atoms with Gasteiger partial charge in [-0.1, -0.05) is 202 Å². The van der Waals surface area contributed by atoms with Crippen LogP contribution in [0.5, 0.6) is 0 Å². The van der Waals surface area contributed by atoms with E-state index >= 15 is 0 Å². The molecule has 282 valence electrons. The molecule has 1 heteroatoms. The van der Waals surface area contributed by atoms with Crippen molar-refractivity contribution < 1.29 is 0 Å². The van der Waals surface area contributed by atoms with Crippen LogP contribution < -0.4 is 0 Å². The van der Waals surface area contributed by atoms with Gasteiger partial charge in [0.15, 0.2) is 0 Å². The maximum Gasteiger partial charge on any atom is 0.0760 e. The standard InChI is InChI=1S/C59H41N/c1-58(2)48-28-11-8-22-41(48)47-36-38(34-35-49(47)58)55(37-18-4-3-5-19-37)43-24-7-6-20-39(43)44-25-16-26-45-40-21-9-12-29-50(40)59(56(44)45)51-30-13-15-33-54(51)60-53-32-14-10-23-42(53)46-27-17-31-52(59)57(46)60/h3-36,55H,1-2H3. The van der Waals surface area contributed by atoms with Crippen LogP contribution in [0, 0.1) is 0 Å². The average Bonchev–Trinajstić information content (AvgIpc) is 3.88. The fraction of sp³-hybridized carbons (Fsp3) is 0.0847. The summed E-state index contributed by atoms with van der Waals surface area (Å²) in [7, 11) is 0. The minimum Gasteiger partial charge on any atom is -0.309 e. The van der Waals surface area contributed by atoms with E-state index in [-0.39, 0.29) is 11.3 Å². The predicted molar refractivity (Wildman–Crippen MR) is 248 cm³/mol. The fourth-order valence-electron chi connectivity index (χ4n) is 12.0. The zero-order valence-corrected chi connectivity index (χ0v) is 33.7. The third-order valence-electron chi connectivity index (χ3n) is 14.3. The summed E-state index contributed by atoms with van der Waals surface area (Å²) in [4.78, 5) is 0. The Balaban J connectivity index is 1.12. The summed E-state index contributed by atoms with van der Waals surface area (Å²) in [5.74, 6) is 0.00349. The maximum atomic E-state index is 2.54. The molecule has 2 atom stereocenters. The van der Waals surface area contributed by atoms with Crippen LogP contribution in [0.25, 0.3) is 60.9 Å². The van der Waals surface area contributed by atoms with Crippen LogP contribution in [0.3, 0.4) is 0 Å². The Morgan fingerprint density at radius 2 is 0.950 bits per heavy atom. The lowest BCUT2D eigenvalue weighted by Gasteiger charge is -2.40.